The topological polar surface area (TPSA) is 77.1 Å². The number of carbonyl (C=O) groups is 1. The van der Waals surface area contributed by atoms with Crippen molar-refractivity contribution in [1.29, 1.82) is 0 Å². The number of likely N-dealkylation sites (tertiary alicyclic amines) is 1. The van der Waals surface area contributed by atoms with E-state index in [4.69, 9.17) is 4.52 Å². The first kappa shape index (κ1) is 16.9. The van der Waals surface area contributed by atoms with Crippen LogP contribution in [0.1, 0.15) is 58.4 Å². The lowest BCUT2D eigenvalue weighted by atomic mass is 9.89. The zero-order valence-electron chi connectivity index (χ0n) is 16.3. The Bertz CT molecular complexity index is 1100. The van der Waals surface area contributed by atoms with Gasteiger partial charge in [-0.2, -0.15) is 0 Å². The Labute approximate surface area is 168 Å². The summed E-state index contributed by atoms with van der Waals surface area (Å²) < 4.78 is 7.92. The SMILES string of the molecule is O=C(c1noc2c1CCc1ccccc1-2)N1CCCC(c2nnc3n2CCC3)C1. The fourth-order valence-electron chi connectivity index (χ4n) is 5.14. The maximum Gasteiger partial charge on any atom is 0.276 e. The number of hydrogen-bond donors (Lipinski definition) is 0. The molecule has 0 bridgehead atoms. The van der Waals surface area contributed by atoms with E-state index in [-0.39, 0.29) is 11.8 Å². The molecule has 3 aromatic rings. The molecule has 2 aliphatic heterocycles. The maximum absolute atomic E-state index is 13.4. The molecule has 1 aromatic carbocycles. The van der Waals surface area contributed by atoms with Crippen molar-refractivity contribution in [2.45, 2.75) is 51.0 Å². The number of hydrogen-bond acceptors (Lipinski definition) is 5. The van der Waals surface area contributed by atoms with Crippen molar-refractivity contribution in [2.24, 2.45) is 0 Å². The van der Waals surface area contributed by atoms with E-state index in [2.05, 4.69) is 32.1 Å². The van der Waals surface area contributed by atoms with E-state index in [9.17, 15) is 4.79 Å². The van der Waals surface area contributed by atoms with Crippen LogP contribution in [0.25, 0.3) is 11.3 Å². The summed E-state index contributed by atoms with van der Waals surface area (Å²) >= 11 is 0. The molecular weight excluding hydrogens is 366 g/mol. The number of fused-ring (bicyclic) bond motifs is 4. The molecule has 0 saturated carbocycles. The largest absolute Gasteiger partial charge is 0.355 e. The quantitative estimate of drug-likeness (QED) is 0.673. The lowest BCUT2D eigenvalue weighted by Gasteiger charge is -2.32. The second kappa shape index (κ2) is 6.54. The van der Waals surface area contributed by atoms with Crippen LogP contribution in [-0.2, 0) is 25.8 Å². The lowest BCUT2D eigenvalue weighted by molar-refractivity contribution is 0.0692. The molecule has 0 N–H and O–H groups in total. The average molecular weight is 389 g/mol. The van der Waals surface area contributed by atoms with Crippen molar-refractivity contribution < 1.29 is 9.32 Å². The molecular formula is C22H23N5O2. The van der Waals surface area contributed by atoms with Crippen LogP contribution in [-0.4, -0.2) is 43.8 Å². The first-order valence-electron chi connectivity index (χ1n) is 10.6. The third kappa shape index (κ3) is 2.63. The number of nitrogens with zero attached hydrogens (tertiary/aromatic N) is 5. The minimum absolute atomic E-state index is 0.0137. The summed E-state index contributed by atoms with van der Waals surface area (Å²) in [6, 6.07) is 8.22. The van der Waals surface area contributed by atoms with E-state index >= 15 is 0 Å². The number of amides is 1. The number of aryl methyl sites for hydroxylation is 2. The molecule has 29 heavy (non-hydrogen) atoms. The van der Waals surface area contributed by atoms with Gasteiger partial charge < -0.3 is 14.0 Å². The molecule has 1 amide bonds. The van der Waals surface area contributed by atoms with Gasteiger partial charge in [0.15, 0.2) is 11.5 Å². The van der Waals surface area contributed by atoms with Crippen molar-refractivity contribution in [3.05, 3.63) is 52.7 Å². The smallest absolute Gasteiger partial charge is 0.276 e. The van der Waals surface area contributed by atoms with Gasteiger partial charge in [0.2, 0.25) is 0 Å². The zero-order chi connectivity index (χ0) is 19.4. The number of benzene rings is 1. The Morgan fingerprint density at radius 2 is 2.00 bits per heavy atom. The number of rotatable bonds is 2. The Hall–Kier alpha value is -2.96. The molecule has 148 valence electrons. The van der Waals surface area contributed by atoms with Gasteiger partial charge in [-0.1, -0.05) is 29.4 Å². The minimum atomic E-state index is -0.0137. The predicted molar refractivity (Wildman–Crippen MR) is 106 cm³/mol. The highest BCUT2D eigenvalue weighted by Gasteiger charge is 2.34. The molecule has 0 radical (unpaired) electrons. The van der Waals surface area contributed by atoms with Crippen molar-refractivity contribution in [1.82, 2.24) is 24.8 Å². The van der Waals surface area contributed by atoms with Gasteiger partial charge in [-0.15, -0.1) is 10.2 Å². The molecule has 4 heterocycles. The molecule has 2 aromatic heterocycles. The molecule has 7 heteroatoms. The lowest BCUT2D eigenvalue weighted by Crippen LogP contribution is -2.40. The van der Waals surface area contributed by atoms with E-state index in [0.717, 1.165) is 80.2 Å². The van der Waals surface area contributed by atoms with Crippen LogP contribution in [0, 0.1) is 0 Å². The fourth-order valence-corrected chi connectivity index (χ4v) is 5.14. The van der Waals surface area contributed by atoms with Crippen molar-refractivity contribution >= 4 is 5.91 Å². The van der Waals surface area contributed by atoms with E-state index in [1.165, 1.54) is 5.56 Å². The second-order valence-corrected chi connectivity index (χ2v) is 8.32. The minimum Gasteiger partial charge on any atom is -0.355 e. The van der Waals surface area contributed by atoms with E-state index in [0.29, 0.717) is 12.2 Å². The molecule has 1 fully saturated rings. The van der Waals surface area contributed by atoms with Crippen LogP contribution in [0.4, 0.5) is 0 Å². The van der Waals surface area contributed by atoms with E-state index < -0.39 is 0 Å². The van der Waals surface area contributed by atoms with Gasteiger partial charge in [0.25, 0.3) is 5.91 Å². The molecule has 1 saturated heterocycles. The molecule has 6 rings (SSSR count). The highest BCUT2D eigenvalue weighted by atomic mass is 16.5. The van der Waals surface area contributed by atoms with Crippen LogP contribution in [0.15, 0.2) is 28.8 Å². The number of aromatic nitrogens is 4. The van der Waals surface area contributed by atoms with Crippen LogP contribution in [0.2, 0.25) is 0 Å². The molecule has 1 atom stereocenters. The first-order valence-corrected chi connectivity index (χ1v) is 10.6. The van der Waals surface area contributed by atoms with E-state index in [1.807, 2.05) is 17.0 Å². The average Bonchev–Trinajstić information content (AvgIpc) is 3.48. The highest BCUT2D eigenvalue weighted by molar-refractivity contribution is 5.95. The molecule has 0 spiro atoms. The van der Waals surface area contributed by atoms with Gasteiger partial charge in [0.05, 0.1) is 0 Å². The Morgan fingerprint density at radius 3 is 2.97 bits per heavy atom. The summed E-state index contributed by atoms with van der Waals surface area (Å²) in [5.41, 5.74) is 3.77. The van der Waals surface area contributed by atoms with Gasteiger partial charge in [0, 0.05) is 43.1 Å². The first-order chi connectivity index (χ1) is 14.3. The summed E-state index contributed by atoms with van der Waals surface area (Å²) in [5, 5.41) is 13.0. The summed E-state index contributed by atoms with van der Waals surface area (Å²) in [4.78, 5) is 15.3. The van der Waals surface area contributed by atoms with Crippen LogP contribution in [0.5, 0.6) is 0 Å². The Balaban J connectivity index is 1.27. The predicted octanol–water partition coefficient (Wildman–Crippen LogP) is 3.00. The zero-order valence-corrected chi connectivity index (χ0v) is 16.3. The number of piperidine rings is 1. The van der Waals surface area contributed by atoms with Crippen molar-refractivity contribution in [2.75, 3.05) is 13.1 Å². The van der Waals surface area contributed by atoms with Gasteiger partial charge >= 0.3 is 0 Å². The van der Waals surface area contributed by atoms with Crippen molar-refractivity contribution in [3.8, 4) is 11.3 Å². The van der Waals surface area contributed by atoms with E-state index in [1.54, 1.807) is 0 Å². The summed E-state index contributed by atoms with van der Waals surface area (Å²) in [5.74, 6) is 3.13. The Kier molecular flexibility index (Phi) is 3.82. The summed E-state index contributed by atoms with van der Waals surface area (Å²) in [6.07, 6.45) is 5.88. The highest BCUT2D eigenvalue weighted by Crippen LogP contribution is 2.36. The normalized spacial score (nSPS) is 20.3. The maximum atomic E-state index is 13.4. The molecule has 3 aliphatic rings. The standard InChI is InChI=1S/C22H23N5O2/c28-22(19-17-10-9-14-5-1-2-7-16(14)20(17)29-25-19)26-11-3-6-15(13-26)21-24-23-18-8-4-12-27(18)21/h1-2,5,7,15H,3-4,6,8-13H2. The van der Waals surface area contributed by atoms with Gasteiger partial charge in [-0.25, -0.2) is 0 Å². The monoisotopic (exact) mass is 389 g/mol. The van der Waals surface area contributed by atoms with Crippen LogP contribution < -0.4 is 0 Å². The molecule has 7 nitrogen and oxygen atoms in total. The van der Waals surface area contributed by atoms with Gasteiger partial charge in [-0.3, -0.25) is 4.79 Å². The fraction of sp³-hybridized carbons (Fsp3) is 0.455. The third-order valence-electron chi connectivity index (χ3n) is 6.61. The second-order valence-electron chi connectivity index (χ2n) is 8.32. The van der Waals surface area contributed by atoms with Crippen LogP contribution in [0.3, 0.4) is 0 Å². The van der Waals surface area contributed by atoms with Gasteiger partial charge in [-0.05, 0) is 37.7 Å². The van der Waals surface area contributed by atoms with Gasteiger partial charge in [0.1, 0.15) is 11.6 Å². The Morgan fingerprint density at radius 1 is 1.07 bits per heavy atom. The summed E-state index contributed by atoms with van der Waals surface area (Å²) in [7, 11) is 0. The third-order valence-corrected chi connectivity index (χ3v) is 6.61. The van der Waals surface area contributed by atoms with Crippen molar-refractivity contribution in [3.63, 3.8) is 0 Å². The molecule has 1 unspecified atom stereocenters. The molecule has 1 aliphatic carbocycles. The van der Waals surface area contributed by atoms with Crippen LogP contribution >= 0.6 is 0 Å². The number of carbonyl (C=O) groups excluding carboxylic acids is 1. The summed E-state index contributed by atoms with van der Waals surface area (Å²) in [6.45, 7) is 2.43.